The second-order valence-electron chi connectivity index (χ2n) is 9.54. The second-order valence-corrected chi connectivity index (χ2v) is 9.54. The van der Waals surface area contributed by atoms with E-state index in [-0.39, 0.29) is 17.6 Å². The Hall–Kier alpha value is -4.47. The van der Waals surface area contributed by atoms with Gasteiger partial charge in [0.2, 0.25) is 5.88 Å². The molecule has 1 fully saturated rings. The van der Waals surface area contributed by atoms with Crippen molar-refractivity contribution in [3.05, 3.63) is 77.6 Å². The van der Waals surface area contributed by atoms with Gasteiger partial charge in [0.15, 0.2) is 11.5 Å². The number of rotatable bonds is 8. The number of ether oxygens (including phenoxy) is 2. The first kappa shape index (κ1) is 24.2. The van der Waals surface area contributed by atoms with E-state index in [2.05, 4.69) is 51.6 Å². The molecule has 2 N–H and O–H groups in total. The average Bonchev–Trinajstić information content (AvgIpc) is 3.30. The first-order chi connectivity index (χ1) is 17.8. The standard InChI is InChI=1S/C27H27N5O5/c1-16-28-25(37-32-16)23-12-13-24(31-30-23)36-21-10-6-18(7-11-21)27(2,3)17-4-8-20(9-5-17)35-22-14-19(15-22)29-26(33)34/h4-13,19,22,29H,14-15H2,1-3H3,(H,33,34). The number of aryl methyl sites for hydroxylation is 1. The molecule has 0 aliphatic heterocycles. The lowest BCUT2D eigenvalue weighted by molar-refractivity contribution is 0.0833. The van der Waals surface area contributed by atoms with Gasteiger partial charge >= 0.3 is 6.09 Å². The Morgan fingerprint density at radius 1 is 0.973 bits per heavy atom. The van der Waals surface area contributed by atoms with E-state index in [9.17, 15) is 4.79 Å². The number of nitrogens with one attached hydrogen (secondary N) is 1. The third-order valence-corrected chi connectivity index (χ3v) is 6.49. The molecule has 0 unspecified atom stereocenters. The second kappa shape index (κ2) is 9.88. The summed E-state index contributed by atoms with van der Waals surface area (Å²) in [5.41, 5.74) is 2.51. The minimum absolute atomic E-state index is 0.0278. The zero-order chi connectivity index (χ0) is 26.0. The SMILES string of the molecule is Cc1noc(-c2ccc(Oc3ccc(C(C)(C)c4ccc(OC5CC(NC(=O)O)C5)cc4)cc3)nn2)n1. The Morgan fingerprint density at radius 3 is 2.16 bits per heavy atom. The van der Waals surface area contributed by atoms with Gasteiger partial charge in [0, 0.05) is 30.4 Å². The van der Waals surface area contributed by atoms with E-state index in [0.29, 0.717) is 41.9 Å². The van der Waals surface area contributed by atoms with Crippen LogP contribution in [0.5, 0.6) is 17.4 Å². The highest BCUT2D eigenvalue weighted by atomic mass is 16.5. The molecule has 2 aromatic carbocycles. The van der Waals surface area contributed by atoms with Gasteiger partial charge in [-0.1, -0.05) is 43.3 Å². The van der Waals surface area contributed by atoms with Crippen molar-refractivity contribution >= 4 is 6.09 Å². The summed E-state index contributed by atoms with van der Waals surface area (Å²) in [5.74, 6) is 2.63. The van der Waals surface area contributed by atoms with Crippen LogP contribution in [0.4, 0.5) is 4.79 Å². The predicted octanol–water partition coefficient (Wildman–Crippen LogP) is 5.13. The molecule has 0 spiro atoms. The molecule has 5 rings (SSSR count). The Labute approximate surface area is 213 Å². The van der Waals surface area contributed by atoms with Crippen molar-refractivity contribution in [1.29, 1.82) is 0 Å². The molecule has 1 amide bonds. The summed E-state index contributed by atoms with van der Waals surface area (Å²) in [6, 6.07) is 19.3. The predicted molar refractivity (Wildman–Crippen MR) is 134 cm³/mol. The van der Waals surface area contributed by atoms with Gasteiger partial charge in [0.25, 0.3) is 5.89 Å². The molecule has 0 saturated heterocycles. The number of carboxylic acid groups (broad SMARTS) is 1. The zero-order valence-electron chi connectivity index (χ0n) is 20.7. The molecule has 0 bridgehead atoms. The summed E-state index contributed by atoms with van der Waals surface area (Å²) < 4.78 is 16.9. The van der Waals surface area contributed by atoms with Crippen molar-refractivity contribution < 1.29 is 23.9 Å². The Bertz CT molecular complexity index is 1360. The molecule has 0 atom stereocenters. The maximum atomic E-state index is 10.7. The number of amides is 1. The first-order valence-electron chi connectivity index (χ1n) is 12.0. The van der Waals surface area contributed by atoms with Gasteiger partial charge in [-0.05, 0) is 48.4 Å². The number of nitrogens with zero attached hydrogens (tertiary/aromatic N) is 4. The van der Waals surface area contributed by atoms with Crippen LogP contribution in [0, 0.1) is 6.92 Å². The minimum Gasteiger partial charge on any atom is -0.490 e. The van der Waals surface area contributed by atoms with Crippen LogP contribution >= 0.6 is 0 Å². The van der Waals surface area contributed by atoms with Gasteiger partial charge in [0.1, 0.15) is 17.6 Å². The van der Waals surface area contributed by atoms with Gasteiger partial charge in [-0.3, -0.25) is 0 Å². The van der Waals surface area contributed by atoms with Gasteiger partial charge in [-0.25, -0.2) is 4.79 Å². The Kier molecular flexibility index (Phi) is 6.47. The van der Waals surface area contributed by atoms with Crippen LogP contribution in [0.3, 0.4) is 0 Å². The third kappa shape index (κ3) is 5.53. The lowest BCUT2D eigenvalue weighted by atomic mass is 9.78. The summed E-state index contributed by atoms with van der Waals surface area (Å²) in [7, 11) is 0. The first-order valence-corrected chi connectivity index (χ1v) is 12.0. The topological polar surface area (TPSA) is 132 Å². The van der Waals surface area contributed by atoms with Crippen LogP contribution in [0.2, 0.25) is 0 Å². The fraction of sp³-hybridized carbons (Fsp3) is 0.296. The van der Waals surface area contributed by atoms with Crippen LogP contribution in [-0.4, -0.2) is 43.7 Å². The van der Waals surface area contributed by atoms with Gasteiger partial charge in [-0.2, -0.15) is 4.98 Å². The maximum Gasteiger partial charge on any atom is 0.404 e. The molecule has 190 valence electrons. The van der Waals surface area contributed by atoms with E-state index in [1.165, 1.54) is 0 Å². The summed E-state index contributed by atoms with van der Waals surface area (Å²) >= 11 is 0. The van der Waals surface area contributed by atoms with Crippen molar-refractivity contribution in [2.75, 3.05) is 0 Å². The van der Waals surface area contributed by atoms with E-state index in [0.717, 1.165) is 16.9 Å². The maximum absolute atomic E-state index is 10.7. The number of benzene rings is 2. The van der Waals surface area contributed by atoms with Crippen LogP contribution in [-0.2, 0) is 5.41 Å². The van der Waals surface area contributed by atoms with E-state index in [1.54, 1.807) is 19.1 Å². The molecular weight excluding hydrogens is 474 g/mol. The van der Waals surface area contributed by atoms with Gasteiger partial charge in [-0.15, -0.1) is 10.2 Å². The third-order valence-electron chi connectivity index (χ3n) is 6.49. The number of hydrogen-bond acceptors (Lipinski definition) is 8. The van der Waals surface area contributed by atoms with Crippen LogP contribution in [0.1, 0.15) is 43.6 Å². The molecule has 10 heteroatoms. The monoisotopic (exact) mass is 501 g/mol. The smallest absolute Gasteiger partial charge is 0.404 e. The van der Waals surface area contributed by atoms with Crippen LogP contribution in [0.15, 0.2) is 65.2 Å². The Morgan fingerprint density at radius 2 is 1.62 bits per heavy atom. The van der Waals surface area contributed by atoms with E-state index >= 15 is 0 Å². The number of carbonyl (C=O) groups is 1. The quantitative estimate of drug-likeness (QED) is 0.337. The van der Waals surface area contributed by atoms with Crippen LogP contribution < -0.4 is 14.8 Å². The van der Waals surface area contributed by atoms with E-state index < -0.39 is 6.09 Å². The lowest BCUT2D eigenvalue weighted by Gasteiger charge is -2.35. The summed E-state index contributed by atoms with van der Waals surface area (Å²) in [4.78, 5) is 14.8. The number of hydrogen-bond donors (Lipinski definition) is 2. The van der Waals surface area contributed by atoms with E-state index in [4.69, 9.17) is 19.1 Å². The van der Waals surface area contributed by atoms with Gasteiger partial charge < -0.3 is 24.4 Å². The molecule has 37 heavy (non-hydrogen) atoms. The molecule has 4 aromatic rings. The summed E-state index contributed by atoms with van der Waals surface area (Å²) in [5, 5.41) is 23.2. The molecule has 1 saturated carbocycles. The molecule has 0 radical (unpaired) electrons. The Balaban J connectivity index is 1.19. The molecule has 2 heterocycles. The molecule has 1 aliphatic carbocycles. The average molecular weight is 502 g/mol. The largest absolute Gasteiger partial charge is 0.490 e. The molecule has 10 nitrogen and oxygen atoms in total. The molecular formula is C27H27N5O5. The number of aromatic nitrogens is 4. The molecule has 2 aromatic heterocycles. The van der Waals surface area contributed by atoms with Crippen molar-refractivity contribution in [1.82, 2.24) is 25.7 Å². The zero-order valence-corrected chi connectivity index (χ0v) is 20.7. The molecule has 1 aliphatic rings. The summed E-state index contributed by atoms with van der Waals surface area (Å²) in [6.45, 7) is 6.06. The summed E-state index contributed by atoms with van der Waals surface area (Å²) in [6.07, 6.45) is 0.408. The van der Waals surface area contributed by atoms with Crippen molar-refractivity contribution in [2.45, 2.75) is 51.2 Å². The van der Waals surface area contributed by atoms with Crippen molar-refractivity contribution in [3.8, 4) is 29.0 Å². The highest BCUT2D eigenvalue weighted by Crippen LogP contribution is 2.35. The fourth-order valence-corrected chi connectivity index (χ4v) is 4.21. The fourth-order valence-electron chi connectivity index (χ4n) is 4.21. The van der Waals surface area contributed by atoms with E-state index in [1.807, 2.05) is 36.4 Å². The lowest BCUT2D eigenvalue weighted by Crippen LogP contribution is -2.48. The highest BCUT2D eigenvalue weighted by molar-refractivity contribution is 5.65. The normalized spacial score (nSPS) is 17.1. The van der Waals surface area contributed by atoms with Gasteiger partial charge in [0.05, 0.1) is 0 Å². The van der Waals surface area contributed by atoms with Crippen LogP contribution in [0.25, 0.3) is 11.6 Å². The minimum atomic E-state index is -0.992. The van der Waals surface area contributed by atoms with Crippen molar-refractivity contribution in [2.24, 2.45) is 0 Å². The van der Waals surface area contributed by atoms with Crippen molar-refractivity contribution in [3.63, 3.8) is 0 Å². The highest BCUT2D eigenvalue weighted by Gasteiger charge is 2.32.